The van der Waals surface area contributed by atoms with Crippen LogP contribution in [0.4, 0.5) is 4.39 Å². The van der Waals surface area contributed by atoms with Gasteiger partial charge in [0, 0.05) is 35.9 Å². The summed E-state index contributed by atoms with van der Waals surface area (Å²) in [5, 5.41) is 0.141. The Labute approximate surface area is 181 Å². The van der Waals surface area contributed by atoms with Crippen LogP contribution < -0.4 is 10.5 Å². The zero-order valence-electron chi connectivity index (χ0n) is 19.3. The van der Waals surface area contributed by atoms with Crippen LogP contribution in [0.3, 0.4) is 0 Å². The Morgan fingerprint density at radius 1 is 1.27 bits per heavy atom. The topological polar surface area (TPSA) is 57.4 Å². The number of nitrogens with zero attached hydrogens (tertiary/aromatic N) is 1. The normalized spacial score (nSPS) is 20.0. The Bertz CT molecular complexity index is 909. The minimum atomic E-state index is -1.90. The average molecular weight is 431 g/mol. The molecule has 0 spiro atoms. The molecule has 0 saturated heterocycles. The number of hydrogen-bond acceptors (Lipinski definition) is 4. The largest absolute Gasteiger partial charge is 0.490 e. The molecule has 0 aliphatic carbocycles. The van der Waals surface area contributed by atoms with E-state index in [0.717, 1.165) is 28.3 Å². The van der Waals surface area contributed by atoms with E-state index in [1.807, 2.05) is 0 Å². The number of rotatable bonds is 6. The summed E-state index contributed by atoms with van der Waals surface area (Å²) in [4.78, 5) is 4.87. The van der Waals surface area contributed by atoms with Crippen molar-refractivity contribution in [1.82, 2.24) is 4.98 Å². The first-order valence-electron chi connectivity index (χ1n) is 10.7. The van der Waals surface area contributed by atoms with E-state index in [1.54, 1.807) is 12.1 Å². The highest BCUT2D eigenvalue weighted by Gasteiger charge is 2.44. The van der Waals surface area contributed by atoms with Gasteiger partial charge in [-0.15, -0.1) is 0 Å². The van der Waals surface area contributed by atoms with Crippen LogP contribution in [-0.4, -0.2) is 33.1 Å². The second-order valence-electron chi connectivity index (χ2n) is 10.3. The van der Waals surface area contributed by atoms with Crippen molar-refractivity contribution in [3.8, 4) is 17.0 Å². The smallest absolute Gasteiger partial charge is 0.192 e. The van der Waals surface area contributed by atoms with E-state index >= 15 is 0 Å². The van der Waals surface area contributed by atoms with Crippen LogP contribution in [-0.2, 0) is 9.84 Å². The summed E-state index contributed by atoms with van der Waals surface area (Å²) in [6, 6.07) is 8.54. The van der Waals surface area contributed by atoms with Gasteiger partial charge in [0.15, 0.2) is 8.32 Å². The number of aromatic nitrogens is 1. The summed E-state index contributed by atoms with van der Waals surface area (Å²) in [5.41, 5.74) is 9.30. The molecule has 2 aromatic rings. The molecule has 1 aromatic heterocycles. The highest BCUT2D eigenvalue weighted by molar-refractivity contribution is 6.74. The highest BCUT2D eigenvalue weighted by Crippen LogP contribution is 2.46. The highest BCUT2D eigenvalue weighted by atomic mass is 28.4. The SMILES string of the molecule is C[C@H](CN)c1cc2c(c(-c3ccc(F)cc3)n1)OC[C@]2(C)CO[Si](C)(C)C(C)(C)C. The fourth-order valence-electron chi connectivity index (χ4n) is 3.31. The van der Waals surface area contributed by atoms with Crippen molar-refractivity contribution in [3.63, 3.8) is 0 Å². The van der Waals surface area contributed by atoms with Gasteiger partial charge in [-0.25, -0.2) is 9.37 Å². The molecule has 1 aliphatic heterocycles. The second-order valence-corrected chi connectivity index (χ2v) is 15.1. The number of halogens is 1. The molecule has 4 nitrogen and oxygen atoms in total. The Hall–Kier alpha value is -1.76. The zero-order valence-corrected chi connectivity index (χ0v) is 20.3. The maximum Gasteiger partial charge on any atom is 0.192 e. The summed E-state index contributed by atoms with van der Waals surface area (Å²) in [5.74, 6) is 0.618. The van der Waals surface area contributed by atoms with Crippen molar-refractivity contribution in [2.24, 2.45) is 5.73 Å². The van der Waals surface area contributed by atoms with E-state index in [1.165, 1.54) is 12.1 Å². The lowest BCUT2D eigenvalue weighted by Crippen LogP contribution is -2.45. The van der Waals surface area contributed by atoms with Gasteiger partial charge in [-0.2, -0.15) is 0 Å². The van der Waals surface area contributed by atoms with Gasteiger partial charge in [0.05, 0.1) is 5.41 Å². The molecule has 2 atom stereocenters. The molecule has 0 unspecified atom stereocenters. The third kappa shape index (κ3) is 4.31. The van der Waals surface area contributed by atoms with Gasteiger partial charge in [-0.3, -0.25) is 0 Å². The monoisotopic (exact) mass is 430 g/mol. The lowest BCUT2D eigenvalue weighted by atomic mass is 9.84. The zero-order chi connectivity index (χ0) is 22.3. The van der Waals surface area contributed by atoms with E-state index in [2.05, 4.69) is 53.8 Å². The van der Waals surface area contributed by atoms with Crippen LogP contribution in [0.15, 0.2) is 30.3 Å². The van der Waals surface area contributed by atoms with Crippen LogP contribution in [0.1, 0.15) is 51.8 Å². The molecule has 30 heavy (non-hydrogen) atoms. The fourth-order valence-corrected chi connectivity index (χ4v) is 4.42. The number of nitrogens with two attached hydrogens (primary N) is 1. The summed E-state index contributed by atoms with van der Waals surface area (Å²) in [6.07, 6.45) is 0. The van der Waals surface area contributed by atoms with Gasteiger partial charge in [-0.05, 0) is 55.4 Å². The van der Waals surface area contributed by atoms with Crippen molar-refractivity contribution >= 4 is 8.32 Å². The van der Waals surface area contributed by atoms with E-state index < -0.39 is 8.32 Å². The lowest BCUT2D eigenvalue weighted by Gasteiger charge is -2.38. The van der Waals surface area contributed by atoms with Crippen LogP contribution in [0, 0.1) is 5.82 Å². The van der Waals surface area contributed by atoms with Crippen LogP contribution in [0.5, 0.6) is 5.75 Å². The molecule has 0 fully saturated rings. The molecule has 1 aliphatic rings. The van der Waals surface area contributed by atoms with Crippen molar-refractivity contribution < 1.29 is 13.6 Å². The van der Waals surface area contributed by atoms with Gasteiger partial charge in [0.25, 0.3) is 0 Å². The Kier molecular flexibility index (Phi) is 6.15. The summed E-state index contributed by atoms with van der Waals surface area (Å²) in [7, 11) is -1.90. The second kappa shape index (κ2) is 8.06. The van der Waals surface area contributed by atoms with Crippen LogP contribution in [0.25, 0.3) is 11.3 Å². The van der Waals surface area contributed by atoms with Crippen LogP contribution in [0.2, 0.25) is 18.1 Å². The summed E-state index contributed by atoms with van der Waals surface area (Å²) >= 11 is 0. The first kappa shape index (κ1) is 22.9. The Morgan fingerprint density at radius 2 is 1.90 bits per heavy atom. The third-order valence-electron chi connectivity index (χ3n) is 6.71. The van der Waals surface area contributed by atoms with Crippen molar-refractivity contribution in [1.29, 1.82) is 0 Å². The number of pyridine rings is 1. The predicted molar refractivity (Wildman–Crippen MR) is 123 cm³/mol. The molecule has 1 aromatic carbocycles. The predicted octanol–water partition coefficient (Wildman–Crippen LogP) is 5.62. The first-order chi connectivity index (χ1) is 13.9. The first-order valence-corrected chi connectivity index (χ1v) is 13.6. The molecular weight excluding hydrogens is 395 g/mol. The molecule has 0 bridgehead atoms. The fraction of sp³-hybridized carbons (Fsp3) is 0.542. The van der Waals surface area contributed by atoms with Crippen LogP contribution >= 0.6 is 0 Å². The minimum absolute atomic E-state index is 0.112. The maximum absolute atomic E-state index is 13.5. The van der Waals surface area contributed by atoms with E-state index in [4.69, 9.17) is 19.9 Å². The standard InChI is InChI=1S/C24H35FN2O2Si/c1-16(13-26)20-12-19-22(21(27-20)17-8-10-18(25)11-9-17)28-14-24(19,5)15-29-30(6,7)23(2,3)4/h8-12,16H,13-15,26H2,1-7H3/t16-,24-/m1/s1. The van der Waals surface area contributed by atoms with Gasteiger partial charge in [-0.1, -0.05) is 27.7 Å². The molecule has 3 rings (SSSR count). The maximum atomic E-state index is 13.5. The minimum Gasteiger partial charge on any atom is -0.490 e. The lowest BCUT2D eigenvalue weighted by molar-refractivity contribution is 0.175. The van der Waals surface area contributed by atoms with Gasteiger partial charge < -0.3 is 14.9 Å². The number of fused-ring (bicyclic) bond motifs is 1. The quantitative estimate of drug-likeness (QED) is 0.604. The molecule has 0 radical (unpaired) electrons. The van der Waals surface area contributed by atoms with E-state index in [-0.39, 0.29) is 22.2 Å². The molecule has 2 heterocycles. The molecule has 6 heteroatoms. The van der Waals surface area contributed by atoms with Crippen molar-refractivity contribution in [2.75, 3.05) is 19.8 Å². The van der Waals surface area contributed by atoms with Crippen molar-refractivity contribution in [2.45, 2.75) is 64.1 Å². The average Bonchev–Trinajstić information content (AvgIpc) is 3.02. The third-order valence-corrected chi connectivity index (χ3v) is 11.2. The van der Waals surface area contributed by atoms with Gasteiger partial charge in [0.1, 0.15) is 23.9 Å². The van der Waals surface area contributed by atoms with E-state index in [0.29, 0.717) is 19.8 Å². The number of hydrogen-bond donors (Lipinski definition) is 1. The molecule has 164 valence electrons. The number of ether oxygens (including phenoxy) is 1. The molecule has 0 amide bonds. The molecule has 2 N–H and O–H groups in total. The molecular formula is C24H35FN2O2Si. The van der Waals surface area contributed by atoms with Gasteiger partial charge in [0.2, 0.25) is 0 Å². The molecule has 0 saturated carbocycles. The van der Waals surface area contributed by atoms with E-state index in [9.17, 15) is 4.39 Å². The summed E-state index contributed by atoms with van der Waals surface area (Å²) in [6.45, 7) is 17.2. The Morgan fingerprint density at radius 3 is 2.47 bits per heavy atom. The number of benzene rings is 1. The van der Waals surface area contributed by atoms with Crippen molar-refractivity contribution in [3.05, 3.63) is 47.4 Å². The summed E-state index contributed by atoms with van der Waals surface area (Å²) < 4.78 is 26.3. The Balaban J connectivity index is 2.05. The van der Waals surface area contributed by atoms with Gasteiger partial charge >= 0.3 is 0 Å².